The summed E-state index contributed by atoms with van der Waals surface area (Å²) in [6.07, 6.45) is 1.51. The van der Waals surface area contributed by atoms with Crippen molar-refractivity contribution in [3.63, 3.8) is 0 Å². The molecule has 0 heterocycles. The maximum Gasteiger partial charge on any atom is 0.275 e. The summed E-state index contributed by atoms with van der Waals surface area (Å²) in [5, 5.41) is 5.07. The van der Waals surface area contributed by atoms with E-state index in [9.17, 15) is 4.79 Å². The highest BCUT2D eigenvalue weighted by atomic mass is 35.5. The van der Waals surface area contributed by atoms with Gasteiger partial charge < -0.3 is 14.2 Å². The van der Waals surface area contributed by atoms with Gasteiger partial charge in [-0.25, -0.2) is 5.43 Å². The molecule has 0 aliphatic heterocycles. The molecule has 0 spiro atoms. The smallest absolute Gasteiger partial charge is 0.275 e. The number of aryl methyl sites for hydroxylation is 1. The average Bonchev–Trinajstić information content (AvgIpc) is 2.78. The van der Waals surface area contributed by atoms with Crippen molar-refractivity contribution < 1.29 is 19.0 Å². The van der Waals surface area contributed by atoms with Crippen molar-refractivity contribution in [1.82, 2.24) is 5.43 Å². The highest BCUT2D eigenvalue weighted by molar-refractivity contribution is 6.35. The van der Waals surface area contributed by atoms with Crippen LogP contribution in [0.1, 0.15) is 27.0 Å². The number of hydrazone groups is 1. The van der Waals surface area contributed by atoms with Crippen LogP contribution in [0.2, 0.25) is 10.0 Å². The molecule has 0 fully saturated rings. The van der Waals surface area contributed by atoms with Gasteiger partial charge in [-0.1, -0.05) is 35.3 Å². The van der Waals surface area contributed by atoms with Crippen LogP contribution in [-0.4, -0.2) is 26.3 Å². The van der Waals surface area contributed by atoms with E-state index in [1.807, 2.05) is 13.0 Å². The Kier molecular flexibility index (Phi) is 7.98. The molecule has 8 heteroatoms. The summed E-state index contributed by atoms with van der Waals surface area (Å²) in [5.41, 5.74) is 5.27. The molecule has 32 heavy (non-hydrogen) atoms. The summed E-state index contributed by atoms with van der Waals surface area (Å²) >= 11 is 12.4. The number of ether oxygens (including phenoxy) is 3. The molecule has 1 N–H and O–H groups in total. The monoisotopic (exact) mass is 472 g/mol. The third-order valence-electron chi connectivity index (χ3n) is 4.60. The maximum absolute atomic E-state index is 12.4. The number of methoxy groups -OCH3 is 2. The Hall–Kier alpha value is -3.22. The molecule has 0 aromatic heterocycles. The van der Waals surface area contributed by atoms with E-state index in [0.717, 1.165) is 5.56 Å². The van der Waals surface area contributed by atoms with E-state index in [2.05, 4.69) is 10.5 Å². The van der Waals surface area contributed by atoms with E-state index in [-0.39, 0.29) is 12.5 Å². The first-order valence-corrected chi connectivity index (χ1v) is 10.4. The number of carbonyl (C=O) groups excluding carboxylic acids is 1. The van der Waals surface area contributed by atoms with Gasteiger partial charge in [-0.3, -0.25) is 4.79 Å². The average molecular weight is 473 g/mol. The lowest BCUT2D eigenvalue weighted by molar-refractivity contribution is 0.0952. The van der Waals surface area contributed by atoms with Crippen molar-refractivity contribution >= 4 is 35.3 Å². The van der Waals surface area contributed by atoms with Crippen molar-refractivity contribution in [1.29, 1.82) is 0 Å². The number of nitrogens with zero attached hydrogens (tertiary/aromatic N) is 1. The standard InChI is InChI=1S/C24H22Cl2N2O4/c1-15-7-9-17(22(11-15)31-3)24(29)28-27-13-16-8-10-21(30-2)23(12-16)32-14-18-19(25)5-4-6-20(18)26/h4-13H,14H2,1-3H3,(H,28,29)/b27-13-. The van der Waals surface area contributed by atoms with Gasteiger partial charge in [0.1, 0.15) is 12.4 Å². The van der Waals surface area contributed by atoms with Crippen LogP contribution in [0.15, 0.2) is 59.7 Å². The summed E-state index contributed by atoms with van der Waals surface area (Å²) < 4.78 is 16.5. The minimum atomic E-state index is -0.378. The molecule has 0 radical (unpaired) electrons. The normalized spacial score (nSPS) is 10.8. The molecule has 6 nitrogen and oxygen atoms in total. The van der Waals surface area contributed by atoms with Gasteiger partial charge in [0.05, 0.1) is 26.0 Å². The van der Waals surface area contributed by atoms with E-state index in [4.69, 9.17) is 37.4 Å². The number of halogens is 2. The third-order valence-corrected chi connectivity index (χ3v) is 5.31. The van der Waals surface area contributed by atoms with Crippen molar-refractivity contribution in [3.8, 4) is 17.2 Å². The second-order valence-electron chi connectivity index (χ2n) is 6.80. The number of amides is 1. The number of benzene rings is 3. The fourth-order valence-electron chi connectivity index (χ4n) is 2.92. The molecule has 3 aromatic carbocycles. The number of carbonyl (C=O) groups is 1. The van der Waals surface area contributed by atoms with Gasteiger partial charge >= 0.3 is 0 Å². The molecular weight excluding hydrogens is 451 g/mol. The summed E-state index contributed by atoms with van der Waals surface area (Å²) in [4.78, 5) is 12.4. The van der Waals surface area contributed by atoms with Crippen LogP contribution < -0.4 is 19.6 Å². The Morgan fingerprint density at radius 2 is 1.69 bits per heavy atom. The Labute approximate surface area is 196 Å². The molecule has 0 aliphatic carbocycles. The minimum Gasteiger partial charge on any atom is -0.496 e. The summed E-state index contributed by atoms with van der Waals surface area (Å²) in [7, 11) is 3.07. The quantitative estimate of drug-likeness (QED) is 0.339. The van der Waals surface area contributed by atoms with Gasteiger partial charge in [0, 0.05) is 15.6 Å². The fourth-order valence-corrected chi connectivity index (χ4v) is 3.42. The predicted octanol–water partition coefficient (Wildman–Crippen LogP) is 5.66. The maximum atomic E-state index is 12.4. The molecule has 3 aromatic rings. The lowest BCUT2D eigenvalue weighted by Gasteiger charge is -2.13. The van der Waals surface area contributed by atoms with Crippen LogP contribution >= 0.6 is 23.2 Å². The van der Waals surface area contributed by atoms with E-state index in [1.54, 1.807) is 55.6 Å². The molecule has 1 amide bonds. The van der Waals surface area contributed by atoms with Gasteiger partial charge in [0.15, 0.2) is 11.5 Å². The minimum absolute atomic E-state index is 0.166. The first kappa shape index (κ1) is 23.4. The second kappa shape index (κ2) is 10.9. The Bertz CT molecular complexity index is 1130. The van der Waals surface area contributed by atoms with Crippen LogP contribution in [-0.2, 0) is 6.61 Å². The number of hydrogen-bond acceptors (Lipinski definition) is 5. The summed E-state index contributed by atoms with van der Waals surface area (Å²) in [6, 6.07) is 15.9. The van der Waals surface area contributed by atoms with Crippen molar-refractivity contribution in [3.05, 3.63) is 86.9 Å². The number of hydrogen-bond donors (Lipinski definition) is 1. The predicted molar refractivity (Wildman–Crippen MR) is 127 cm³/mol. The van der Waals surface area contributed by atoms with E-state index in [0.29, 0.717) is 44.0 Å². The van der Waals surface area contributed by atoms with Gasteiger partial charge in [-0.2, -0.15) is 5.10 Å². The van der Waals surface area contributed by atoms with Crippen LogP contribution in [0.3, 0.4) is 0 Å². The molecule has 0 bridgehead atoms. The molecule has 0 unspecified atom stereocenters. The highest BCUT2D eigenvalue weighted by Gasteiger charge is 2.12. The van der Waals surface area contributed by atoms with Crippen LogP contribution in [0.25, 0.3) is 0 Å². The van der Waals surface area contributed by atoms with E-state index >= 15 is 0 Å². The van der Waals surface area contributed by atoms with Crippen LogP contribution in [0, 0.1) is 6.92 Å². The molecule has 166 valence electrons. The van der Waals surface area contributed by atoms with Crippen molar-refractivity contribution in [2.24, 2.45) is 5.10 Å². The topological polar surface area (TPSA) is 69.2 Å². The van der Waals surface area contributed by atoms with Gasteiger partial charge in [0.2, 0.25) is 0 Å². The van der Waals surface area contributed by atoms with Crippen LogP contribution in [0.5, 0.6) is 17.2 Å². The zero-order chi connectivity index (χ0) is 23.1. The molecule has 3 rings (SSSR count). The Morgan fingerprint density at radius 1 is 0.969 bits per heavy atom. The van der Waals surface area contributed by atoms with Gasteiger partial charge in [-0.05, 0) is 60.5 Å². The zero-order valence-corrected chi connectivity index (χ0v) is 19.3. The molecule has 0 saturated carbocycles. The molecule has 0 atom stereocenters. The Morgan fingerprint density at radius 3 is 2.38 bits per heavy atom. The van der Waals surface area contributed by atoms with Gasteiger partial charge in [0.25, 0.3) is 5.91 Å². The van der Waals surface area contributed by atoms with Crippen molar-refractivity contribution in [2.75, 3.05) is 14.2 Å². The Balaban J connectivity index is 1.72. The summed E-state index contributed by atoms with van der Waals surface area (Å²) in [5.74, 6) is 1.13. The third kappa shape index (κ3) is 5.72. The first-order chi connectivity index (χ1) is 15.4. The molecule has 0 aliphatic rings. The largest absolute Gasteiger partial charge is 0.496 e. The zero-order valence-electron chi connectivity index (χ0n) is 17.8. The first-order valence-electron chi connectivity index (χ1n) is 9.64. The molecular formula is C24H22Cl2N2O4. The lowest BCUT2D eigenvalue weighted by atomic mass is 10.1. The van der Waals surface area contributed by atoms with Gasteiger partial charge in [-0.15, -0.1) is 0 Å². The lowest BCUT2D eigenvalue weighted by Crippen LogP contribution is -2.18. The number of rotatable bonds is 8. The van der Waals surface area contributed by atoms with E-state index in [1.165, 1.54) is 13.3 Å². The summed E-state index contributed by atoms with van der Waals surface area (Å²) in [6.45, 7) is 2.09. The fraction of sp³-hybridized carbons (Fsp3) is 0.167. The highest BCUT2D eigenvalue weighted by Crippen LogP contribution is 2.31. The molecule has 0 saturated heterocycles. The number of nitrogens with one attached hydrogen (secondary N) is 1. The van der Waals surface area contributed by atoms with Crippen LogP contribution in [0.4, 0.5) is 0 Å². The van der Waals surface area contributed by atoms with Crippen molar-refractivity contribution in [2.45, 2.75) is 13.5 Å². The second-order valence-corrected chi connectivity index (χ2v) is 7.62. The SMILES string of the molecule is COc1ccc(/C=N\NC(=O)c2ccc(C)cc2OC)cc1OCc1c(Cl)cccc1Cl. The van der Waals surface area contributed by atoms with E-state index < -0.39 is 0 Å².